The van der Waals surface area contributed by atoms with Crippen LogP contribution in [0.25, 0.3) is 11.3 Å². The highest BCUT2D eigenvalue weighted by atomic mass is 32.2. The highest BCUT2D eigenvalue weighted by Gasteiger charge is 2.21. The van der Waals surface area contributed by atoms with E-state index in [0.717, 1.165) is 46.5 Å². The predicted octanol–water partition coefficient (Wildman–Crippen LogP) is 5.16. The molecule has 2 N–H and O–H groups in total. The molecule has 0 fully saturated rings. The normalized spacial score (nSPS) is 18.1. The fourth-order valence-electron chi connectivity index (χ4n) is 4.34. The molecule has 0 radical (unpaired) electrons. The second-order valence-corrected chi connectivity index (χ2v) is 9.88. The average Bonchev–Trinajstić information content (AvgIpc) is 2.86. The molecule has 2 heterocycles. The van der Waals surface area contributed by atoms with E-state index in [9.17, 15) is 4.55 Å². The largest absolute Gasteiger partial charge is 0.588 e. The van der Waals surface area contributed by atoms with Gasteiger partial charge in [-0.05, 0) is 61.2 Å². The Labute approximate surface area is 209 Å². The molecule has 5 rings (SSSR count). The molecule has 1 unspecified atom stereocenters. The fraction of sp³-hybridized carbons (Fsp3) is 0.214. The van der Waals surface area contributed by atoms with Crippen LogP contribution in [0.2, 0.25) is 0 Å². The van der Waals surface area contributed by atoms with Crippen LogP contribution in [0.3, 0.4) is 0 Å². The molecule has 7 heteroatoms. The number of fused-ring (bicyclic) bond motifs is 4. The van der Waals surface area contributed by atoms with E-state index in [4.69, 9.17) is 9.72 Å². The zero-order chi connectivity index (χ0) is 24.2. The first kappa shape index (κ1) is 23.4. The molecule has 4 bridgehead atoms. The lowest BCUT2D eigenvalue weighted by Gasteiger charge is -2.21. The van der Waals surface area contributed by atoms with Gasteiger partial charge in [0.1, 0.15) is 17.5 Å². The molecule has 2 atom stereocenters. The average molecular weight is 485 g/mol. The van der Waals surface area contributed by atoms with Gasteiger partial charge in [0.2, 0.25) is 5.88 Å². The first-order valence-corrected chi connectivity index (χ1v) is 12.9. The fourth-order valence-corrected chi connectivity index (χ4v) is 5.18. The van der Waals surface area contributed by atoms with Crippen molar-refractivity contribution in [3.05, 3.63) is 101 Å². The highest BCUT2D eigenvalue weighted by Crippen LogP contribution is 2.31. The number of rotatable bonds is 2. The molecular weight excluding hydrogens is 456 g/mol. The lowest BCUT2D eigenvalue weighted by molar-refractivity contribution is 0.194. The molecule has 6 nitrogen and oxygen atoms in total. The van der Waals surface area contributed by atoms with E-state index >= 15 is 0 Å². The van der Waals surface area contributed by atoms with Crippen LogP contribution in [0, 0.1) is 13.8 Å². The number of nitrogens with zero attached hydrogens (tertiary/aromatic N) is 2. The second-order valence-electron chi connectivity index (χ2n) is 8.67. The minimum atomic E-state index is -1.51. The predicted molar refractivity (Wildman–Crippen MR) is 140 cm³/mol. The van der Waals surface area contributed by atoms with Crippen LogP contribution in [-0.4, -0.2) is 27.6 Å². The van der Waals surface area contributed by atoms with Gasteiger partial charge in [-0.25, -0.2) is 4.98 Å². The van der Waals surface area contributed by atoms with E-state index in [1.54, 1.807) is 0 Å². The van der Waals surface area contributed by atoms with E-state index in [1.807, 2.05) is 48.5 Å². The van der Waals surface area contributed by atoms with Gasteiger partial charge in [-0.3, -0.25) is 0 Å². The first-order valence-electron chi connectivity index (χ1n) is 11.7. The van der Waals surface area contributed by atoms with Crippen molar-refractivity contribution < 1.29 is 9.29 Å². The van der Waals surface area contributed by atoms with Crippen molar-refractivity contribution in [2.24, 2.45) is 0 Å². The molecule has 0 saturated carbocycles. The Balaban J connectivity index is 1.60. The highest BCUT2D eigenvalue weighted by molar-refractivity contribution is 7.92. The lowest BCUT2D eigenvalue weighted by Crippen LogP contribution is -2.27. The quantitative estimate of drug-likeness (QED) is 0.383. The van der Waals surface area contributed by atoms with Crippen molar-refractivity contribution in [2.45, 2.75) is 31.3 Å². The minimum Gasteiger partial charge on any atom is -0.588 e. The van der Waals surface area contributed by atoms with Crippen LogP contribution in [-0.2, 0) is 17.8 Å². The molecule has 0 amide bonds. The third kappa shape index (κ3) is 5.48. The summed E-state index contributed by atoms with van der Waals surface area (Å²) in [6, 6.07) is 25.9. The summed E-state index contributed by atoms with van der Waals surface area (Å²) < 4.78 is 22.6. The SMILES string of the molecule is Cc1cccc(C)c1-c1cc2nc(n1)N[S+]([O-])c1cccc(c1)CCNC[C@@H](c1ccccc1)O2. The van der Waals surface area contributed by atoms with E-state index < -0.39 is 11.4 Å². The van der Waals surface area contributed by atoms with Crippen LogP contribution < -0.4 is 14.8 Å². The number of benzene rings is 3. The van der Waals surface area contributed by atoms with E-state index in [2.05, 4.69) is 59.2 Å². The summed E-state index contributed by atoms with van der Waals surface area (Å²) in [4.78, 5) is 10.0. The van der Waals surface area contributed by atoms with Gasteiger partial charge >= 0.3 is 0 Å². The number of ether oxygens (including phenoxy) is 1. The van der Waals surface area contributed by atoms with Crippen LogP contribution in [0.4, 0.5) is 5.95 Å². The third-order valence-corrected chi connectivity index (χ3v) is 7.14. The van der Waals surface area contributed by atoms with Gasteiger partial charge in [0.05, 0.1) is 5.69 Å². The zero-order valence-corrected chi connectivity index (χ0v) is 20.6. The number of aryl methyl sites for hydroxylation is 2. The summed E-state index contributed by atoms with van der Waals surface area (Å²) in [5.41, 5.74) is 6.12. The maximum atomic E-state index is 13.2. The number of hydrogen-bond acceptors (Lipinski definition) is 6. The zero-order valence-electron chi connectivity index (χ0n) is 19.8. The van der Waals surface area contributed by atoms with Crippen molar-refractivity contribution in [3.63, 3.8) is 0 Å². The molecule has 0 aliphatic carbocycles. The van der Waals surface area contributed by atoms with Crippen molar-refractivity contribution in [1.29, 1.82) is 0 Å². The van der Waals surface area contributed by atoms with Crippen molar-refractivity contribution in [1.82, 2.24) is 15.3 Å². The summed E-state index contributed by atoms with van der Waals surface area (Å²) in [6.07, 6.45) is 0.579. The Hall–Kier alpha value is -3.39. The third-order valence-electron chi connectivity index (χ3n) is 6.09. The van der Waals surface area contributed by atoms with Crippen molar-refractivity contribution in [3.8, 4) is 17.1 Å². The van der Waals surface area contributed by atoms with Gasteiger partial charge in [-0.1, -0.05) is 60.7 Å². The Kier molecular flexibility index (Phi) is 6.99. The number of aromatic nitrogens is 2. The Morgan fingerprint density at radius 1 is 0.914 bits per heavy atom. The van der Waals surface area contributed by atoms with E-state index in [0.29, 0.717) is 17.3 Å². The number of hydrogen-bond donors (Lipinski definition) is 2. The number of anilines is 1. The van der Waals surface area contributed by atoms with E-state index in [1.165, 1.54) is 0 Å². The molecule has 4 aromatic rings. The van der Waals surface area contributed by atoms with Gasteiger partial charge in [-0.2, -0.15) is 9.71 Å². The summed E-state index contributed by atoms with van der Waals surface area (Å²) in [5, 5.41) is 3.52. The summed E-state index contributed by atoms with van der Waals surface area (Å²) >= 11 is -1.51. The first-order chi connectivity index (χ1) is 17.1. The van der Waals surface area contributed by atoms with Gasteiger partial charge in [-0.15, -0.1) is 0 Å². The Morgan fingerprint density at radius 3 is 2.49 bits per heavy atom. The molecule has 178 valence electrons. The maximum absolute atomic E-state index is 13.2. The maximum Gasteiger partial charge on any atom is 0.269 e. The lowest BCUT2D eigenvalue weighted by atomic mass is 10.00. The summed E-state index contributed by atoms with van der Waals surface area (Å²) in [7, 11) is 0. The van der Waals surface area contributed by atoms with E-state index in [-0.39, 0.29) is 12.1 Å². The number of nitrogens with one attached hydrogen (secondary N) is 2. The minimum absolute atomic E-state index is 0.246. The van der Waals surface area contributed by atoms with Crippen LogP contribution in [0.1, 0.15) is 28.4 Å². The van der Waals surface area contributed by atoms with Crippen molar-refractivity contribution >= 4 is 17.3 Å². The summed E-state index contributed by atoms with van der Waals surface area (Å²) in [6.45, 7) is 5.52. The van der Waals surface area contributed by atoms with Gasteiger partial charge < -0.3 is 14.6 Å². The molecule has 3 aromatic carbocycles. The molecular formula is C28H28N4O2S. The molecule has 1 aliphatic heterocycles. The molecule has 1 aliphatic rings. The van der Waals surface area contributed by atoms with Crippen LogP contribution in [0.15, 0.2) is 83.8 Å². The molecule has 1 aromatic heterocycles. The van der Waals surface area contributed by atoms with Gasteiger partial charge in [0, 0.05) is 18.2 Å². The standard InChI is InChI=1S/C28H28N4O2S/c1-19-8-6-9-20(2)27(19)24-17-26-31-28(30-24)32-35(33)23-13-7-10-21(16-23)14-15-29-18-25(34-26)22-11-4-3-5-12-22/h3-13,16-17,25,29H,14-15,18H2,1-2H3,(H,30,31,32)/t25-,35?/m0/s1. The van der Waals surface area contributed by atoms with Crippen LogP contribution in [0.5, 0.6) is 5.88 Å². The van der Waals surface area contributed by atoms with Gasteiger partial charge in [0.25, 0.3) is 5.95 Å². The van der Waals surface area contributed by atoms with Crippen molar-refractivity contribution in [2.75, 3.05) is 17.8 Å². The summed E-state index contributed by atoms with van der Waals surface area (Å²) in [5.74, 6) is 0.694. The van der Waals surface area contributed by atoms with Gasteiger partial charge in [0.15, 0.2) is 4.90 Å². The second kappa shape index (κ2) is 10.5. The molecule has 0 spiro atoms. The van der Waals surface area contributed by atoms with Crippen LogP contribution >= 0.6 is 0 Å². The Morgan fingerprint density at radius 2 is 1.69 bits per heavy atom. The Bertz CT molecular complexity index is 1300. The molecule has 0 saturated heterocycles. The topological polar surface area (TPSA) is 82.1 Å². The monoisotopic (exact) mass is 484 g/mol. The molecule has 35 heavy (non-hydrogen) atoms. The smallest absolute Gasteiger partial charge is 0.269 e.